The number of fused-ring (bicyclic) bond motifs is 1. The van der Waals surface area contributed by atoms with Crippen molar-refractivity contribution in [2.24, 2.45) is 5.41 Å². The van der Waals surface area contributed by atoms with Gasteiger partial charge < -0.3 is 9.84 Å². The quantitative estimate of drug-likeness (QED) is 0.279. The lowest BCUT2D eigenvalue weighted by molar-refractivity contribution is -0.148. The number of anilines is 1. The van der Waals surface area contributed by atoms with Crippen molar-refractivity contribution in [1.29, 1.82) is 0 Å². The molecule has 0 spiro atoms. The molecule has 4 rings (SSSR count). The van der Waals surface area contributed by atoms with Gasteiger partial charge in [0.15, 0.2) is 11.6 Å². The van der Waals surface area contributed by atoms with Crippen LogP contribution in [0.2, 0.25) is 0 Å². The third kappa shape index (κ3) is 5.40. The Morgan fingerprint density at radius 1 is 1.03 bits per heavy atom. The Morgan fingerprint density at radius 2 is 1.69 bits per heavy atom. The van der Waals surface area contributed by atoms with Crippen molar-refractivity contribution >= 4 is 21.7 Å². The second kappa shape index (κ2) is 9.78. The predicted octanol–water partition coefficient (Wildman–Crippen LogP) is 6.25. The minimum Gasteiger partial charge on any atom is -0.486 e. The van der Waals surface area contributed by atoms with Crippen LogP contribution in [-0.2, 0) is 21.0 Å². The molecule has 39 heavy (non-hydrogen) atoms. The van der Waals surface area contributed by atoms with Gasteiger partial charge in [-0.3, -0.25) is 9.10 Å². The van der Waals surface area contributed by atoms with Crippen LogP contribution in [0.3, 0.4) is 0 Å². The van der Waals surface area contributed by atoms with Gasteiger partial charge in [0.2, 0.25) is 0 Å². The van der Waals surface area contributed by atoms with Gasteiger partial charge in [-0.25, -0.2) is 21.6 Å². The van der Waals surface area contributed by atoms with E-state index < -0.39 is 73.7 Å². The van der Waals surface area contributed by atoms with E-state index in [9.17, 15) is 44.7 Å². The van der Waals surface area contributed by atoms with Gasteiger partial charge in [0.1, 0.15) is 17.7 Å². The molecule has 0 bridgehead atoms. The molecule has 0 saturated carbocycles. The molecule has 0 radical (unpaired) electrons. The molecule has 1 atom stereocenters. The number of carboxylic acids is 1. The van der Waals surface area contributed by atoms with E-state index in [0.717, 1.165) is 24.3 Å². The first kappa shape index (κ1) is 28.3. The molecule has 0 unspecified atom stereocenters. The monoisotopic (exact) mass is 573 g/mol. The Morgan fingerprint density at radius 3 is 2.33 bits per heavy atom. The number of aliphatic carboxylic acids is 1. The maximum atomic E-state index is 14.5. The lowest BCUT2D eigenvalue weighted by Crippen LogP contribution is -2.46. The van der Waals surface area contributed by atoms with E-state index in [0.29, 0.717) is 28.6 Å². The number of sulfonamides is 1. The number of nitrogens with zero attached hydrogens (tertiary/aromatic N) is 1. The van der Waals surface area contributed by atoms with Gasteiger partial charge in [-0.1, -0.05) is 12.1 Å². The summed E-state index contributed by atoms with van der Waals surface area (Å²) in [4.78, 5) is 10.9. The molecule has 1 heterocycles. The normalized spacial score (nSPS) is 16.0. The van der Waals surface area contributed by atoms with Gasteiger partial charge in [0, 0.05) is 6.42 Å². The number of hydrogen-bond donors (Lipinski definition) is 1. The predicted molar refractivity (Wildman–Crippen MR) is 128 cm³/mol. The Hall–Kier alpha value is -3.74. The lowest BCUT2D eigenvalue weighted by Gasteiger charge is -2.38. The highest BCUT2D eigenvalue weighted by atomic mass is 32.2. The highest BCUT2D eigenvalue weighted by molar-refractivity contribution is 7.92. The SMILES string of the molecule is CC(C)(C[C@H]1CN(S(=O)(=O)c2cccc(C(F)(F)F)c2)c2cc(-c3c(F)ccc(F)c3F)ccc2O1)C(=O)O. The first-order valence-electron chi connectivity index (χ1n) is 11.4. The molecule has 0 amide bonds. The highest BCUT2D eigenvalue weighted by Crippen LogP contribution is 2.43. The number of carbonyl (C=O) groups is 1. The molecule has 1 aliphatic heterocycles. The van der Waals surface area contributed by atoms with Gasteiger partial charge in [-0.2, -0.15) is 13.2 Å². The fourth-order valence-corrected chi connectivity index (χ4v) is 5.75. The summed E-state index contributed by atoms with van der Waals surface area (Å²) in [7, 11) is -4.75. The van der Waals surface area contributed by atoms with Crippen LogP contribution in [0.4, 0.5) is 32.0 Å². The fraction of sp³-hybridized carbons (Fsp3) is 0.269. The smallest absolute Gasteiger partial charge is 0.416 e. The number of rotatable bonds is 6. The molecule has 3 aromatic carbocycles. The van der Waals surface area contributed by atoms with Gasteiger partial charge in [-0.15, -0.1) is 0 Å². The van der Waals surface area contributed by atoms with Crippen molar-refractivity contribution in [3.8, 4) is 16.9 Å². The van der Waals surface area contributed by atoms with Crippen LogP contribution in [0.1, 0.15) is 25.8 Å². The van der Waals surface area contributed by atoms with Crippen LogP contribution in [0, 0.1) is 22.9 Å². The Kier molecular flexibility index (Phi) is 7.09. The summed E-state index contributed by atoms with van der Waals surface area (Å²) in [5.74, 6) is -5.36. The zero-order valence-electron chi connectivity index (χ0n) is 20.4. The summed E-state index contributed by atoms with van der Waals surface area (Å²) in [6.45, 7) is 2.25. The van der Waals surface area contributed by atoms with Crippen LogP contribution < -0.4 is 9.04 Å². The third-order valence-corrected chi connectivity index (χ3v) is 8.07. The van der Waals surface area contributed by atoms with Crippen LogP contribution in [0.5, 0.6) is 5.75 Å². The fourth-order valence-electron chi connectivity index (χ4n) is 4.21. The van der Waals surface area contributed by atoms with E-state index in [-0.39, 0.29) is 23.4 Å². The molecular weight excluding hydrogens is 552 g/mol. The van der Waals surface area contributed by atoms with E-state index >= 15 is 0 Å². The molecule has 0 fully saturated rings. The third-order valence-electron chi connectivity index (χ3n) is 6.29. The summed E-state index contributed by atoms with van der Waals surface area (Å²) in [6, 6.07) is 7.60. The van der Waals surface area contributed by atoms with Crippen molar-refractivity contribution in [2.45, 2.75) is 37.4 Å². The van der Waals surface area contributed by atoms with Crippen molar-refractivity contribution in [1.82, 2.24) is 0 Å². The Labute approximate surface area is 219 Å². The molecular formula is C26H21F6NO5S. The Bertz CT molecular complexity index is 1550. The van der Waals surface area contributed by atoms with Crippen molar-refractivity contribution in [2.75, 3.05) is 10.8 Å². The average Bonchev–Trinajstić information content (AvgIpc) is 2.85. The summed E-state index contributed by atoms with van der Waals surface area (Å²) in [6.07, 6.45) is -6.09. The van der Waals surface area contributed by atoms with Crippen molar-refractivity contribution < 1.29 is 49.4 Å². The summed E-state index contributed by atoms with van der Waals surface area (Å²) in [5.41, 5.74) is -3.93. The number of ether oxygens (including phenoxy) is 1. The summed E-state index contributed by atoms with van der Waals surface area (Å²) < 4.78 is 117. The van der Waals surface area contributed by atoms with Gasteiger partial charge in [0.25, 0.3) is 10.0 Å². The number of halogens is 6. The van der Waals surface area contributed by atoms with E-state index in [1.54, 1.807) is 0 Å². The number of alkyl halides is 3. The molecule has 0 aromatic heterocycles. The largest absolute Gasteiger partial charge is 0.486 e. The molecule has 1 N–H and O–H groups in total. The maximum absolute atomic E-state index is 14.5. The molecule has 13 heteroatoms. The van der Waals surface area contributed by atoms with Gasteiger partial charge >= 0.3 is 12.1 Å². The summed E-state index contributed by atoms with van der Waals surface area (Å²) >= 11 is 0. The standard InChI is InChI=1S/C26H21F6NO5S/c1-25(2,24(34)35)12-16-13-33(39(36,37)17-5-3-4-15(11-17)26(30,31)32)20-10-14(6-9-21(20)38-16)22-18(27)7-8-19(28)23(22)29/h3-11,16H,12-13H2,1-2H3,(H,34,35)/t16-/m0/s1. The van der Waals surface area contributed by atoms with Crippen LogP contribution in [-0.4, -0.2) is 32.1 Å². The zero-order chi connectivity index (χ0) is 28.9. The molecule has 0 aliphatic carbocycles. The lowest BCUT2D eigenvalue weighted by atomic mass is 9.86. The van der Waals surface area contributed by atoms with E-state index in [1.807, 2.05) is 0 Å². The summed E-state index contributed by atoms with van der Waals surface area (Å²) in [5, 5.41) is 9.52. The van der Waals surface area contributed by atoms with E-state index in [1.165, 1.54) is 19.9 Å². The second-order valence-corrected chi connectivity index (χ2v) is 11.5. The van der Waals surface area contributed by atoms with E-state index in [4.69, 9.17) is 4.74 Å². The van der Waals surface area contributed by atoms with Crippen molar-refractivity contribution in [3.05, 3.63) is 77.6 Å². The molecule has 208 valence electrons. The minimum atomic E-state index is -4.85. The zero-order valence-corrected chi connectivity index (χ0v) is 21.2. The number of hydrogen-bond acceptors (Lipinski definition) is 4. The maximum Gasteiger partial charge on any atom is 0.416 e. The Balaban J connectivity index is 1.88. The molecule has 3 aromatic rings. The van der Waals surface area contributed by atoms with Gasteiger partial charge in [-0.05, 0) is 61.9 Å². The average molecular weight is 574 g/mol. The van der Waals surface area contributed by atoms with E-state index in [2.05, 4.69) is 0 Å². The van der Waals surface area contributed by atoms with Crippen LogP contribution in [0.25, 0.3) is 11.1 Å². The number of benzene rings is 3. The van der Waals surface area contributed by atoms with Gasteiger partial charge in [0.05, 0.1) is 33.7 Å². The topological polar surface area (TPSA) is 83.9 Å². The van der Waals surface area contributed by atoms with Crippen LogP contribution in [0.15, 0.2) is 59.5 Å². The van der Waals surface area contributed by atoms with Crippen molar-refractivity contribution in [3.63, 3.8) is 0 Å². The van der Waals surface area contributed by atoms with Crippen LogP contribution >= 0.6 is 0 Å². The second-order valence-electron chi connectivity index (χ2n) is 9.60. The first-order valence-corrected chi connectivity index (χ1v) is 12.8. The molecule has 0 saturated heterocycles. The first-order chi connectivity index (χ1) is 18.0. The molecule has 6 nitrogen and oxygen atoms in total. The molecule has 1 aliphatic rings. The highest BCUT2D eigenvalue weighted by Gasteiger charge is 2.40. The minimum absolute atomic E-state index is 0.135. The number of carboxylic acid groups (broad SMARTS) is 1.